The first kappa shape index (κ1) is 15.2. The van der Waals surface area contributed by atoms with E-state index in [1.54, 1.807) is 29.3 Å². The third-order valence-corrected chi connectivity index (χ3v) is 3.73. The van der Waals surface area contributed by atoms with Gasteiger partial charge >= 0.3 is 0 Å². The van der Waals surface area contributed by atoms with Crippen LogP contribution in [0.2, 0.25) is 0 Å². The van der Waals surface area contributed by atoms with Gasteiger partial charge in [-0.2, -0.15) is 14.7 Å². The summed E-state index contributed by atoms with van der Waals surface area (Å²) in [5.74, 6) is 2.40. The van der Waals surface area contributed by atoms with Crippen LogP contribution in [0.15, 0.2) is 36.9 Å². The van der Waals surface area contributed by atoms with Crippen molar-refractivity contribution in [1.82, 2.24) is 39.7 Å². The number of nitrogens with one attached hydrogen (secondary N) is 2. The SMILES string of the molecule is CC(C)c1cc(NCc2nc(-c3cnccn3)n[nH]2)n2nccc2n1. The number of hydrogen-bond donors (Lipinski definition) is 2. The van der Waals surface area contributed by atoms with Gasteiger partial charge in [0.15, 0.2) is 5.65 Å². The Hall–Kier alpha value is -3.36. The summed E-state index contributed by atoms with van der Waals surface area (Å²) in [5.41, 5.74) is 2.45. The summed E-state index contributed by atoms with van der Waals surface area (Å²) in [6.45, 7) is 4.70. The molecule has 0 spiro atoms. The lowest BCUT2D eigenvalue weighted by atomic mass is 10.1. The highest BCUT2D eigenvalue weighted by Crippen LogP contribution is 2.19. The van der Waals surface area contributed by atoms with Crippen LogP contribution < -0.4 is 5.32 Å². The second-order valence-corrected chi connectivity index (χ2v) is 5.87. The van der Waals surface area contributed by atoms with Crippen LogP contribution in [0.25, 0.3) is 17.2 Å². The molecule has 9 heteroatoms. The first-order chi connectivity index (χ1) is 12.2. The number of fused-ring (bicyclic) bond motifs is 1. The predicted octanol–water partition coefficient (Wildman–Crippen LogP) is 2.04. The number of aromatic amines is 1. The molecule has 0 aliphatic rings. The van der Waals surface area contributed by atoms with Crippen LogP contribution in [0.3, 0.4) is 0 Å². The molecule has 9 nitrogen and oxygen atoms in total. The van der Waals surface area contributed by atoms with Crippen LogP contribution in [-0.4, -0.2) is 39.7 Å². The first-order valence-electron chi connectivity index (χ1n) is 7.97. The van der Waals surface area contributed by atoms with Gasteiger partial charge in [-0.15, -0.1) is 0 Å². The van der Waals surface area contributed by atoms with Crippen LogP contribution in [0.1, 0.15) is 31.3 Å². The second kappa shape index (κ2) is 6.27. The second-order valence-electron chi connectivity index (χ2n) is 5.87. The third kappa shape index (κ3) is 3.03. The lowest BCUT2D eigenvalue weighted by molar-refractivity contribution is 0.806. The van der Waals surface area contributed by atoms with Gasteiger partial charge in [0.1, 0.15) is 17.3 Å². The van der Waals surface area contributed by atoms with Gasteiger partial charge in [-0.3, -0.25) is 10.1 Å². The van der Waals surface area contributed by atoms with Crippen molar-refractivity contribution in [2.24, 2.45) is 0 Å². The Morgan fingerprint density at radius 3 is 2.92 bits per heavy atom. The summed E-state index contributed by atoms with van der Waals surface area (Å²) in [6.07, 6.45) is 6.59. The van der Waals surface area contributed by atoms with E-state index in [1.165, 1.54) is 0 Å². The molecule has 0 atom stereocenters. The summed E-state index contributed by atoms with van der Waals surface area (Å²) in [4.78, 5) is 17.3. The molecule has 0 aliphatic carbocycles. The highest BCUT2D eigenvalue weighted by atomic mass is 15.3. The molecule has 0 bridgehead atoms. The minimum atomic E-state index is 0.328. The highest BCUT2D eigenvalue weighted by Gasteiger charge is 2.11. The quantitative estimate of drug-likeness (QED) is 0.574. The van der Waals surface area contributed by atoms with Gasteiger partial charge < -0.3 is 5.32 Å². The average Bonchev–Trinajstić information content (AvgIpc) is 3.29. The van der Waals surface area contributed by atoms with Crippen molar-refractivity contribution in [1.29, 1.82) is 0 Å². The third-order valence-electron chi connectivity index (χ3n) is 3.73. The maximum absolute atomic E-state index is 4.60. The molecule has 0 amide bonds. The van der Waals surface area contributed by atoms with Gasteiger partial charge in [-0.25, -0.2) is 15.0 Å². The van der Waals surface area contributed by atoms with E-state index >= 15 is 0 Å². The molecule has 126 valence electrons. The van der Waals surface area contributed by atoms with Crippen LogP contribution in [0, 0.1) is 0 Å². The minimum Gasteiger partial charge on any atom is -0.363 e. The molecular weight excluding hydrogens is 318 g/mol. The Labute approximate surface area is 143 Å². The van der Waals surface area contributed by atoms with Gasteiger partial charge in [0.25, 0.3) is 0 Å². The molecule has 4 aromatic rings. The molecule has 4 rings (SSSR count). The van der Waals surface area contributed by atoms with Crippen LogP contribution in [-0.2, 0) is 6.54 Å². The topological polar surface area (TPSA) is 110 Å². The zero-order valence-electron chi connectivity index (χ0n) is 13.9. The standard InChI is InChI=1S/C16H17N9/c1-10(2)11-7-15(25-14(21-11)3-4-20-25)19-9-13-22-16(24-23-13)12-8-17-5-6-18-12/h3-8,10,19H,9H2,1-2H3,(H,22,23,24). The number of nitrogens with zero attached hydrogens (tertiary/aromatic N) is 7. The molecule has 0 aliphatic heterocycles. The first-order valence-corrected chi connectivity index (χ1v) is 7.97. The van der Waals surface area contributed by atoms with Crippen molar-refractivity contribution in [2.45, 2.75) is 26.3 Å². The van der Waals surface area contributed by atoms with E-state index < -0.39 is 0 Å². The van der Waals surface area contributed by atoms with Crippen molar-refractivity contribution in [2.75, 3.05) is 5.32 Å². The Bertz CT molecular complexity index is 987. The molecule has 0 saturated carbocycles. The molecule has 0 unspecified atom stereocenters. The lowest BCUT2D eigenvalue weighted by Gasteiger charge is -2.11. The zero-order chi connectivity index (χ0) is 17.2. The summed E-state index contributed by atoms with van der Waals surface area (Å²) in [7, 11) is 0. The molecular formula is C16H17N9. The maximum atomic E-state index is 4.60. The van der Waals surface area contributed by atoms with E-state index in [-0.39, 0.29) is 0 Å². The molecule has 25 heavy (non-hydrogen) atoms. The number of H-pyrrole nitrogens is 1. The van der Waals surface area contributed by atoms with E-state index in [9.17, 15) is 0 Å². The van der Waals surface area contributed by atoms with Crippen molar-refractivity contribution in [3.8, 4) is 11.5 Å². The molecule has 0 saturated heterocycles. The van der Waals surface area contributed by atoms with E-state index in [4.69, 9.17) is 0 Å². The van der Waals surface area contributed by atoms with Crippen molar-refractivity contribution in [3.05, 3.63) is 48.4 Å². The Morgan fingerprint density at radius 1 is 1.20 bits per heavy atom. The Morgan fingerprint density at radius 2 is 2.12 bits per heavy atom. The van der Waals surface area contributed by atoms with Crippen LogP contribution in [0.4, 0.5) is 5.82 Å². The average molecular weight is 335 g/mol. The largest absolute Gasteiger partial charge is 0.363 e. The predicted molar refractivity (Wildman–Crippen MR) is 91.8 cm³/mol. The van der Waals surface area contributed by atoms with Crippen molar-refractivity contribution in [3.63, 3.8) is 0 Å². The Balaban J connectivity index is 1.57. The van der Waals surface area contributed by atoms with Crippen molar-refractivity contribution >= 4 is 11.5 Å². The van der Waals surface area contributed by atoms with E-state index in [2.05, 4.69) is 54.4 Å². The summed E-state index contributed by atoms with van der Waals surface area (Å²) >= 11 is 0. The fourth-order valence-electron chi connectivity index (χ4n) is 2.43. The fraction of sp³-hybridized carbons (Fsp3) is 0.250. The van der Waals surface area contributed by atoms with Gasteiger partial charge in [-0.05, 0) is 5.92 Å². The van der Waals surface area contributed by atoms with E-state index in [0.717, 1.165) is 17.2 Å². The minimum absolute atomic E-state index is 0.328. The Kier molecular flexibility index (Phi) is 3.81. The molecule has 0 fully saturated rings. The number of anilines is 1. The highest BCUT2D eigenvalue weighted by molar-refractivity contribution is 5.50. The van der Waals surface area contributed by atoms with Gasteiger partial charge in [-0.1, -0.05) is 13.8 Å². The lowest BCUT2D eigenvalue weighted by Crippen LogP contribution is -2.09. The molecule has 4 heterocycles. The number of hydrogen-bond acceptors (Lipinski definition) is 7. The van der Waals surface area contributed by atoms with Gasteiger partial charge in [0.2, 0.25) is 5.82 Å². The normalized spacial score (nSPS) is 11.3. The fourth-order valence-corrected chi connectivity index (χ4v) is 2.43. The summed E-state index contributed by atoms with van der Waals surface area (Å²) in [6, 6.07) is 3.89. The van der Waals surface area contributed by atoms with Crippen LogP contribution in [0.5, 0.6) is 0 Å². The van der Waals surface area contributed by atoms with Gasteiger partial charge in [0.05, 0.1) is 18.9 Å². The number of aromatic nitrogens is 8. The zero-order valence-corrected chi connectivity index (χ0v) is 13.9. The molecule has 0 aromatic carbocycles. The van der Waals surface area contributed by atoms with Crippen molar-refractivity contribution < 1.29 is 0 Å². The van der Waals surface area contributed by atoms with E-state index in [1.807, 2.05) is 12.1 Å². The van der Waals surface area contributed by atoms with E-state index in [0.29, 0.717) is 29.8 Å². The summed E-state index contributed by atoms with van der Waals surface area (Å²) in [5, 5.41) is 14.8. The maximum Gasteiger partial charge on any atom is 0.201 e. The molecule has 2 N–H and O–H groups in total. The smallest absolute Gasteiger partial charge is 0.201 e. The molecule has 4 aromatic heterocycles. The molecule has 0 radical (unpaired) electrons. The van der Waals surface area contributed by atoms with Gasteiger partial charge in [0, 0.05) is 30.2 Å². The number of rotatable bonds is 5. The monoisotopic (exact) mass is 335 g/mol. The van der Waals surface area contributed by atoms with Crippen LogP contribution >= 0.6 is 0 Å². The summed E-state index contributed by atoms with van der Waals surface area (Å²) < 4.78 is 1.77.